The SMILES string of the molecule is Cc1cnc(Oc2ccc(Br)cc2C(C)C)c(N)c1. The number of aryl methyl sites for hydroxylation is 1. The number of hydrogen-bond donors (Lipinski definition) is 1. The van der Waals surface area contributed by atoms with E-state index in [4.69, 9.17) is 10.5 Å². The zero-order chi connectivity index (χ0) is 14.0. The number of nitrogen functional groups attached to an aromatic ring is 1. The molecule has 1 aromatic carbocycles. The van der Waals surface area contributed by atoms with Crippen LogP contribution in [0.15, 0.2) is 34.9 Å². The lowest BCUT2D eigenvalue weighted by Gasteiger charge is -2.14. The van der Waals surface area contributed by atoms with E-state index < -0.39 is 0 Å². The Morgan fingerprint density at radius 1 is 1.26 bits per heavy atom. The second-order valence-electron chi connectivity index (χ2n) is 4.85. The predicted octanol–water partition coefficient (Wildman–Crippen LogP) is 4.65. The van der Waals surface area contributed by atoms with Crippen molar-refractivity contribution in [2.75, 3.05) is 5.73 Å². The summed E-state index contributed by atoms with van der Waals surface area (Å²) in [5.74, 6) is 1.61. The Labute approximate surface area is 121 Å². The van der Waals surface area contributed by atoms with E-state index in [1.54, 1.807) is 6.20 Å². The third-order valence-corrected chi connectivity index (χ3v) is 3.31. The van der Waals surface area contributed by atoms with Gasteiger partial charge in [-0.1, -0.05) is 29.8 Å². The summed E-state index contributed by atoms with van der Waals surface area (Å²) in [6, 6.07) is 7.80. The minimum absolute atomic E-state index is 0.360. The normalized spacial score (nSPS) is 10.8. The molecular formula is C15H17BrN2O. The van der Waals surface area contributed by atoms with Gasteiger partial charge in [-0.25, -0.2) is 4.98 Å². The number of pyridine rings is 1. The highest BCUT2D eigenvalue weighted by atomic mass is 79.9. The molecule has 1 aromatic heterocycles. The molecule has 1 heterocycles. The van der Waals surface area contributed by atoms with Gasteiger partial charge in [0.1, 0.15) is 5.75 Å². The molecule has 0 fully saturated rings. The number of hydrogen-bond acceptors (Lipinski definition) is 3. The van der Waals surface area contributed by atoms with Crippen LogP contribution in [-0.2, 0) is 0 Å². The van der Waals surface area contributed by atoms with E-state index in [0.29, 0.717) is 17.5 Å². The zero-order valence-electron chi connectivity index (χ0n) is 11.3. The Hall–Kier alpha value is -1.55. The van der Waals surface area contributed by atoms with Crippen LogP contribution in [0, 0.1) is 6.92 Å². The summed E-state index contributed by atoms with van der Waals surface area (Å²) in [6.45, 7) is 6.20. The maximum Gasteiger partial charge on any atom is 0.242 e. The van der Waals surface area contributed by atoms with Crippen LogP contribution in [0.3, 0.4) is 0 Å². The molecule has 0 saturated carbocycles. The Kier molecular flexibility index (Phi) is 4.10. The highest BCUT2D eigenvalue weighted by Gasteiger charge is 2.11. The average molecular weight is 321 g/mol. The topological polar surface area (TPSA) is 48.1 Å². The quantitative estimate of drug-likeness (QED) is 0.895. The van der Waals surface area contributed by atoms with Gasteiger partial charge in [-0.05, 0) is 48.2 Å². The van der Waals surface area contributed by atoms with Gasteiger partial charge < -0.3 is 10.5 Å². The number of rotatable bonds is 3. The molecule has 100 valence electrons. The molecule has 0 aliphatic carbocycles. The van der Waals surface area contributed by atoms with Gasteiger partial charge in [0.15, 0.2) is 0 Å². The van der Waals surface area contributed by atoms with E-state index in [1.807, 2.05) is 25.1 Å². The Morgan fingerprint density at radius 2 is 2.00 bits per heavy atom. The molecule has 0 bridgehead atoms. The predicted molar refractivity (Wildman–Crippen MR) is 81.7 cm³/mol. The molecule has 0 aliphatic rings. The van der Waals surface area contributed by atoms with Crippen molar-refractivity contribution in [3.8, 4) is 11.6 Å². The van der Waals surface area contributed by atoms with Gasteiger partial charge in [0.05, 0.1) is 5.69 Å². The molecule has 0 saturated heterocycles. The van der Waals surface area contributed by atoms with E-state index >= 15 is 0 Å². The van der Waals surface area contributed by atoms with Gasteiger partial charge in [0.25, 0.3) is 0 Å². The molecule has 0 radical (unpaired) electrons. The lowest BCUT2D eigenvalue weighted by molar-refractivity contribution is 0.456. The molecule has 2 rings (SSSR count). The summed E-state index contributed by atoms with van der Waals surface area (Å²) >= 11 is 3.48. The molecular weight excluding hydrogens is 304 g/mol. The maximum atomic E-state index is 5.93. The van der Waals surface area contributed by atoms with Crippen LogP contribution in [0.25, 0.3) is 0 Å². The summed E-state index contributed by atoms with van der Waals surface area (Å²) in [7, 11) is 0. The van der Waals surface area contributed by atoms with E-state index in [1.165, 1.54) is 0 Å². The lowest BCUT2D eigenvalue weighted by Crippen LogP contribution is -1.99. The number of ether oxygens (including phenoxy) is 1. The van der Waals surface area contributed by atoms with Crippen LogP contribution in [-0.4, -0.2) is 4.98 Å². The van der Waals surface area contributed by atoms with Crippen molar-refractivity contribution in [3.05, 3.63) is 46.1 Å². The molecule has 0 aliphatic heterocycles. The van der Waals surface area contributed by atoms with Crippen LogP contribution < -0.4 is 10.5 Å². The maximum absolute atomic E-state index is 5.93. The fraction of sp³-hybridized carbons (Fsp3) is 0.267. The third kappa shape index (κ3) is 3.26. The summed E-state index contributed by atoms with van der Waals surface area (Å²) in [6.07, 6.45) is 1.75. The van der Waals surface area contributed by atoms with E-state index in [0.717, 1.165) is 21.3 Å². The summed E-state index contributed by atoms with van der Waals surface area (Å²) in [4.78, 5) is 4.24. The zero-order valence-corrected chi connectivity index (χ0v) is 12.9. The van der Waals surface area contributed by atoms with Crippen LogP contribution in [0.2, 0.25) is 0 Å². The highest BCUT2D eigenvalue weighted by Crippen LogP contribution is 2.34. The third-order valence-electron chi connectivity index (χ3n) is 2.82. The van der Waals surface area contributed by atoms with E-state index in [2.05, 4.69) is 40.8 Å². The molecule has 0 atom stereocenters. The van der Waals surface area contributed by atoms with E-state index in [9.17, 15) is 0 Å². The fourth-order valence-electron chi connectivity index (χ4n) is 1.83. The van der Waals surface area contributed by atoms with Crippen LogP contribution in [0.1, 0.15) is 30.9 Å². The van der Waals surface area contributed by atoms with Gasteiger partial charge in [-0.15, -0.1) is 0 Å². The second kappa shape index (κ2) is 5.61. The molecule has 0 spiro atoms. The molecule has 2 aromatic rings. The first-order chi connectivity index (χ1) is 8.97. The summed E-state index contributed by atoms with van der Waals surface area (Å²) in [5.41, 5.74) is 8.62. The van der Waals surface area contributed by atoms with Crippen molar-refractivity contribution >= 4 is 21.6 Å². The number of benzene rings is 1. The van der Waals surface area contributed by atoms with Crippen LogP contribution >= 0.6 is 15.9 Å². The Balaban J connectivity index is 2.38. The van der Waals surface area contributed by atoms with Crippen molar-refractivity contribution in [3.63, 3.8) is 0 Å². The minimum atomic E-state index is 0.360. The highest BCUT2D eigenvalue weighted by molar-refractivity contribution is 9.10. The molecule has 0 unspecified atom stereocenters. The van der Waals surface area contributed by atoms with Crippen LogP contribution in [0.5, 0.6) is 11.6 Å². The molecule has 4 heteroatoms. The summed E-state index contributed by atoms with van der Waals surface area (Å²) in [5, 5.41) is 0. The van der Waals surface area contributed by atoms with Gasteiger partial charge >= 0.3 is 0 Å². The largest absolute Gasteiger partial charge is 0.437 e. The number of anilines is 1. The van der Waals surface area contributed by atoms with Gasteiger partial charge in [-0.3, -0.25) is 0 Å². The number of aromatic nitrogens is 1. The van der Waals surface area contributed by atoms with Gasteiger partial charge in [0, 0.05) is 10.7 Å². The monoisotopic (exact) mass is 320 g/mol. The van der Waals surface area contributed by atoms with Gasteiger partial charge in [-0.2, -0.15) is 0 Å². The van der Waals surface area contributed by atoms with Crippen molar-refractivity contribution in [2.24, 2.45) is 0 Å². The van der Waals surface area contributed by atoms with Crippen molar-refractivity contribution in [1.82, 2.24) is 4.98 Å². The first-order valence-electron chi connectivity index (χ1n) is 6.17. The van der Waals surface area contributed by atoms with Crippen molar-refractivity contribution < 1.29 is 4.74 Å². The average Bonchev–Trinajstić information content (AvgIpc) is 2.34. The fourth-order valence-corrected chi connectivity index (χ4v) is 2.21. The smallest absolute Gasteiger partial charge is 0.242 e. The molecule has 2 N–H and O–H groups in total. The van der Waals surface area contributed by atoms with Gasteiger partial charge in [0.2, 0.25) is 5.88 Å². The summed E-state index contributed by atoms with van der Waals surface area (Å²) < 4.78 is 6.89. The van der Waals surface area contributed by atoms with Crippen molar-refractivity contribution in [1.29, 1.82) is 0 Å². The Morgan fingerprint density at radius 3 is 2.63 bits per heavy atom. The lowest BCUT2D eigenvalue weighted by atomic mass is 10.0. The van der Waals surface area contributed by atoms with Crippen LogP contribution in [0.4, 0.5) is 5.69 Å². The first-order valence-corrected chi connectivity index (χ1v) is 6.96. The molecule has 19 heavy (non-hydrogen) atoms. The number of nitrogens with zero attached hydrogens (tertiary/aromatic N) is 1. The number of halogens is 1. The standard InChI is InChI=1S/C15H17BrN2O/c1-9(2)12-7-11(16)4-5-14(12)19-15-13(17)6-10(3)8-18-15/h4-9H,17H2,1-3H3. The van der Waals surface area contributed by atoms with Crippen molar-refractivity contribution in [2.45, 2.75) is 26.7 Å². The van der Waals surface area contributed by atoms with E-state index in [-0.39, 0.29) is 0 Å². The first kappa shape index (κ1) is 13.9. The molecule has 0 amide bonds. The minimum Gasteiger partial charge on any atom is -0.437 e. The molecule has 3 nitrogen and oxygen atoms in total. The Bertz CT molecular complexity index is 597. The number of nitrogens with two attached hydrogens (primary N) is 1. The second-order valence-corrected chi connectivity index (χ2v) is 5.76.